The van der Waals surface area contributed by atoms with Gasteiger partial charge in [0.2, 0.25) is 0 Å². The summed E-state index contributed by atoms with van der Waals surface area (Å²) in [5.74, 6) is -0.173. The number of nitrogens with one attached hydrogen (secondary N) is 1. The van der Waals surface area contributed by atoms with Crippen LogP contribution in [0.25, 0.3) is 0 Å². The van der Waals surface area contributed by atoms with Gasteiger partial charge in [0.15, 0.2) is 0 Å². The highest BCUT2D eigenvalue weighted by molar-refractivity contribution is 5.94. The van der Waals surface area contributed by atoms with Gasteiger partial charge >= 0.3 is 6.09 Å². The molecule has 2 aromatic carbocycles. The molecule has 2 aromatic rings. The number of rotatable bonds is 4. The van der Waals surface area contributed by atoms with Gasteiger partial charge in [0.1, 0.15) is 12.8 Å². The first-order valence-corrected chi connectivity index (χ1v) is 8.57. The van der Waals surface area contributed by atoms with E-state index in [1.54, 1.807) is 17.0 Å². The number of hydrogen-bond acceptors (Lipinski definition) is 3. The molecule has 3 rings (SSSR count). The second-order valence-corrected chi connectivity index (χ2v) is 6.08. The van der Waals surface area contributed by atoms with Crippen LogP contribution in [-0.2, 0) is 11.3 Å². The van der Waals surface area contributed by atoms with E-state index in [0.29, 0.717) is 12.1 Å². The van der Waals surface area contributed by atoms with E-state index in [0.717, 1.165) is 24.8 Å². The molecule has 5 nitrogen and oxygen atoms in total. The Morgan fingerprint density at radius 1 is 1.00 bits per heavy atom. The van der Waals surface area contributed by atoms with E-state index < -0.39 is 0 Å². The van der Waals surface area contributed by atoms with E-state index in [2.05, 4.69) is 5.32 Å². The first-order chi connectivity index (χ1) is 12.2. The molecule has 2 amide bonds. The summed E-state index contributed by atoms with van der Waals surface area (Å²) in [5, 5.41) is 2.95. The number of likely N-dealkylation sites (tertiary alicyclic amines) is 1. The zero-order chi connectivity index (χ0) is 17.5. The Kier molecular flexibility index (Phi) is 5.67. The molecular weight excluding hydrogens is 316 g/mol. The van der Waals surface area contributed by atoms with Crippen LogP contribution in [0.5, 0.6) is 0 Å². The quantitative estimate of drug-likeness (QED) is 0.927. The standard InChI is InChI=1S/C20H22N2O3/c23-19(17-11-5-2-6-12-17)21-18-13-7-8-14-22(18)20(24)25-15-16-9-3-1-4-10-16/h1-6,9-12,18H,7-8,13-15H2,(H,21,23). The lowest BCUT2D eigenvalue weighted by atomic mass is 10.1. The summed E-state index contributed by atoms with van der Waals surface area (Å²) in [7, 11) is 0. The molecule has 1 unspecified atom stereocenters. The summed E-state index contributed by atoms with van der Waals surface area (Å²) in [6.45, 7) is 0.822. The van der Waals surface area contributed by atoms with Crippen LogP contribution >= 0.6 is 0 Å². The molecule has 0 radical (unpaired) electrons. The Bertz CT molecular complexity index is 703. The van der Waals surface area contributed by atoms with E-state index in [1.807, 2.05) is 48.5 Å². The lowest BCUT2D eigenvalue weighted by Crippen LogP contribution is -2.53. The second-order valence-electron chi connectivity index (χ2n) is 6.08. The average Bonchev–Trinajstić information content (AvgIpc) is 2.68. The number of benzene rings is 2. The Labute approximate surface area is 147 Å². The SMILES string of the molecule is O=C(NC1CCCCN1C(=O)OCc1ccccc1)c1ccccc1. The Morgan fingerprint density at radius 2 is 1.68 bits per heavy atom. The van der Waals surface area contributed by atoms with Gasteiger partial charge in [-0.1, -0.05) is 48.5 Å². The van der Waals surface area contributed by atoms with Crippen molar-refractivity contribution in [2.45, 2.75) is 32.0 Å². The van der Waals surface area contributed by atoms with Crippen molar-refractivity contribution < 1.29 is 14.3 Å². The Morgan fingerprint density at radius 3 is 2.40 bits per heavy atom. The second kappa shape index (κ2) is 8.33. The normalized spacial score (nSPS) is 17.0. The van der Waals surface area contributed by atoms with Crippen LogP contribution in [0.15, 0.2) is 60.7 Å². The summed E-state index contributed by atoms with van der Waals surface area (Å²) in [5.41, 5.74) is 1.53. The van der Waals surface area contributed by atoms with E-state index >= 15 is 0 Å². The van der Waals surface area contributed by atoms with Crippen molar-refractivity contribution in [2.24, 2.45) is 0 Å². The molecule has 1 atom stereocenters. The van der Waals surface area contributed by atoms with Gasteiger partial charge in [0.05, 0.1) is 0 Å². The number of ether oxygens (including phenoxy) is 1. The van der Waals surface area contributed by atoms with Crippen LogP contribution in [0, 0.1) is 0 Å². The summed E-state index contributed by atoms with van der Waals surface area (Å²) in [6, 6.07) is 18.6. The largest absolute Gasteiger partial charge is 0.444 e. The van der Waals surface area contributed by atoms with Crippen LogP contribution in [0.4, 0.5) is 4.79 Å². The third-order valence-corrected chi connectivity index (χ3v) is 4.28. The highest BCUT2D eigenvalue weighted by Crippen LogP contribution is 2.17. The van der Waals surface area contributed by atoms with Crippen molar-refractivity contribution in [1.82, 2.24) is 10.2 Å². The molecule has 0 spiro atoms. The molecule has 25 heavy (non-hydrogen) atoms. The molecule has 1 saturated heterocycles. The van der Waals surface area contributed by atoms with Crippen LogP contribution in [-0.4, -0.2) is 29.6 Å². The fourth-order valence-electron chi connectivity index (χ4n) is 2.93. The minimum absolute atomic E-state index is 0.173. The minimum Gasteiger partial charge on any atom is -0.444 e. The molecule has 0 saturated carbocycles. The summed E-state index contributed by atoms with van der Waals surface area (Å²) in [6.07, 6.45) is 1.91. The lowest BCUT2D eigenvalue weighted by molar-refractivity contribution is 0.0550. The molecule has 1 aliphatic heterocycles. The van der Waals surface area contributed by atoms with E-state index in [-0.39, 0.29) is 24.8 Å². The minimum atomic E-state index is -0.387. The monoisotopic (exact) mass is 338 g/mol. The average molecular weight is 338 g/mol. The van der Waals surface area contributed by atoms with Gasteiger partial charge in [-0.05, 0) is 37.0 Å². The maximum atomic E-state index is 12.5. The number of nitrogens with zero attached hydrogens (tertiary/aromatic N) is 1. The molecule has 0 bridgehead atoms. The third-order valence-electron chi connectivity index (χ3n) is 4.28. The predicted octanol–water partition coefficient (Wildman–Crippen LogP) is 3.57. The first kappa shape index (κ1) is 17.0. The van der Waals surface area contributed by atoms with Gasteiger partial charge in [-0.3, -0.25) is 9.69 Å². The van der Waals surface area contributed by atoms with Crippen LogP contribution in [0.2, 0.25) is 0 Å². The lowest BCUT2D eigenvalue weighted by Gasteiger charge is -2.35. The summed E-state index contributed by atoms with van der Waals surface area (Å²) in [4.78, 5) is 26.4. The van der Waals surface area contributed by atoms with Crippen molar-refractivity contribution in [3.8, 4) is 0 Å². The van der Waals surface area contributed by atoms with Crippen LogP contribution in [0.3, 0.4) is 0 Å². The number of hydrogen-bond donors (Lipinski definition) is 1. The fourth-order valence-corrected chi connectivity index (χ4v) is 2.93. The molecule has 130 valence electrons. The molecule has 1 N–H and O–H groups in total. The fraction of sp³-hybridized carbons (Fsp3) is 0.300. The zero-order valence-corrected chi connectivity index (χ0v) is 14.1. The molecule has 1 aliphatic rings. The number of amides is 2. The van der Waals surface area contributed by atoms with Crippen molar-refractivity contribution in [3.63, 3.8) is 0 Å². The molecular formula is C20H22N2O3. The maximum Gasteiger partial charge on any atom is 0.411 e. The molecule has 1 fully saturated rings. The number of carbonyl (C=O) groups is 2. The molecule has 5 heteroatoms. The predicted molar refractivity (Wildman–Crippen MR) is 94.9 cm³/mol. The topological polar surface area (TPSA) is 58.6 Å². The molecule has 1 heterocycles. The maximum absolute atomic E-state index is 12.5. The van der Waals surface area contributed by atoms with Gasteiger partial charge in [0, 0.05) is 12.1 Å². The van der Waals surface area contributed by atoms with Gasteiger partial charge in [-0.15, -0.1) is 0 Å². The van der Waals surface area contributed by atoms with E-state index in [1.165, 1.54) is 0 Å². The number of carbonyl (C=O) groups excluding carboxylic acids is 2. The Hall–Kier alpha value is -2.82. The van der Waals surface area contributed by atoms with Gasteiger partial charge in [-0.25, -0.2) is 4.79 Å². The van der Waals surface area contributed by atoms with E-state index in [9.17, 15) is 9.59 Å². The number of piperidine rings is 1. The summed E-state index contributed by atoms with van der Waals surface area (Å²) >= 11 is 0. The van der Waals surface area contributed by atoms with Crippen molar-refractivity contribution in [1.29, 1.82) is 0 Å². The molecule has 0 aromatic heterocycles. The van der Waals surface area contributed by atoms with Crippen molar-refractivity contribution >= 4 is 12.0 Å². The molecule has 0 aliphatic carbocycles. The zero-order valence-electron chi connectivity index (χ0n) is 14.1. The highest BCUT2D eigenvalue weighted by Gasteiger charge is 2.29. The van der Waals surface area contributed by atoms with Gasteiger partial charge < -0.3 is 10.1 Å². The Balaban J connectivity index is 1.60. The smallest absolute Gasteiger partial charge is 0.411 e. The van der Waals surface area contributed by atoms with Crippen molar-refractivity contribution in [3.05, 3.63) is 71.8 Å². The van der Waals surface area contributed by atoms with Gasteiger partial charge in [0.25, 0.3) is 5.91 Å². The van der Waals surface area contributed by atoms with Crippen molar-refractivity contribution in [2.75, 3.05) is 6.54 Å². The van der Waals surface area contributed by atoms with Gasteiger partial charge in [-0.2, -0.15) is 0 Å². The van der Waals surface area contributed by atoms with Crippen LogP contribution < -0.4 is 5.32 Å². The van der Waals surface area contributed by atoms with E-state index in [4.69, 9.17) is 4.74 Å². The van der Waals surface area contributed by atoms with Crippen LogP contribution in [0.1, 0.15) is 35.2 Å². The summed E-state index contributed by atoms with van der Waals surface area (Å²) < 4.78 is 5.42. The third kappa shape index (κ3) is 4.59. The highest BCUT2D eigenvalue weighted by atomic mass is 16.6. The first-order valence-electron chi connectivity index (χ1n) is 8.57.